The number of piperidine rings is 1. The van der Waals surface area contributed by atoms with Crippen LogP contribution in [-0.2, 0) is 11.3 Å². The Kier molecular flexibility index (Phi) is 5.34. The average molecular weight is 401 g/mol. The lowest BCUT2D eigenvalue weighted by molar-refractivity contribution is -0.123. The van der Waals surface area contributed by atoms with Crippen LogP contribution in [0.2, 0.25) is 0 Å². The second-order valence-corrected chi connectivity index (χ2v) is 7.63. The molecular weight excluding hydrogens is 381 g/mol. The summed E-state index contributed by atoms with van der Waals surface area (Å²) in [6.07, 6.45) is 4.26. The number of carbonyl (C=O) groups excluding carboxylic acids is 1. The molecule has 0 spiro atoms. The molecule has 0 radical (unpaired) electrons. The topological polar surface area (TPSA) is 84.2 Å². The van der Waals surface area contributed by atoms with Crippen molar-refractivity contribution >= 4 is 22.9 Å². The lowest BCUT2D eigenvalue weighted by Crippen LogP contribution is -2.49. The third kappa shape index (κ3) is 3.89. The summed E-state index contributed by atoms with van der Waals surface area (Å²) >= 11 is 1.49. The maximum atomic E-state index is 14.9. The van der Waals surface area contributed by atoms with Crippen LogP contribution in [0.1, 0.15) is 30.2 Å². The highest BCUT2D eigenvalue weighted by Crippen LogP contribution is 2.30. The predicted octanol–water partition coefficient (Wildman–Crippen LogP) is 3.32. The molecule has 1 amide bonds. The van der Waals surface area contributed by atoms with Crippen LogP contribution in [-0.4, -0.2) is 33.6 Å². The van der Waals surface area contributed by atoms with Gasteiger partial charge >= 0.3 is 0 Å². The third-order valence-corrected chi connectivity index (χ3v) is 5.53. The maximum Gasteiger partial charge on any atom is 0.243 e. The largest absolute Gasteiger partial charge is 0.357 e. The Labute approximate surface area is 165 Å². The van der Waals surface area contributed by atoms with Gasteiger partial charge in [0.25, 0.3) is 0 Å². The van der Waals surface area contributed by atoms with Gasteiger partial charge in [0.1, 0.15) is 16.9 Å². The van der Waals surface area contributed by atoms with Gasteiger partial charge in [0.05, 0.1) is 12.2 Å². The molecule has 1 aromatic carbocycles. The van der Waals surface area contributed by atoms with Crippen LogP contribution in [0.4, 0.5) is 10.1 Å². The minimum absolute atomic E-state index is 0.104. The number of anilines is 1. The van der Waals surface area contributed by atoms with Crippen molar-refractivity contribution in [1.29, 1.82) is 0 Å². The zero-order valence-electron chi connectivity index (χ0n) is 15.4. The molecule has 3 heterocycles. The number of thiazole rings is 1. The summed E-state index contributed by atoms with van der Waals surface area (Å²) in [5.41, 5.74) is 0.956. The lowest BCUT2D eigenvalue weighted by Gasteiger charge is -2.36. The van der Waals surface area contributed by atoms with Crippen LogP contribution in [0, 0.1) is 12.7 Å². The van der Waals surface area contributed by atoms with Crippen LogP contribution in [0.3, 0.4) is 0 Å². The molecule has 2 aromatic heterocycles. The van der Waals surface area contributed by atoms with E-state index in [4.69, 9.17) is 4.52 Å². The number of carbonyl (C=O) groups is 1. The highest BCUT2D eigenvalue weighted by atomic mass is 32.1. The molecule has 4 rings (SSSR count). The van der Waals surface area contributed by atoms with Gasteiger partial charge in [0, 0.05) is 30.6 Å². The van der Waals surface area contributed by atoms with Crippen LogP contribution in [0.25, 0.3) is 11.4 Å². The van der Waals surface area contributed by atoms with E-state index in [9.17, 15) is 9.18 Å². The fourth-order valence-corrected chi connectivity index (χ4v) is 3.96. The van der Waals surface area contributed by atoms with E-state index in [0.29, 0.717) is 42.5 Å². The van der Waals surface area contributed by atoms with E-state index >= 15 is 0 Å². The van der Waals surface area contributed by atoms with Crippen molar-refractivity contribution in [2.75, 3.05) is 11.4 Å². The SMILES string of the molecule is Cc1nc(-c2ccc(N3CCCCC3C(=O)NCc3nccs3)c(F)c2)no1. The number of amides is 1. The van der Waals surface area contributed by atoms with E-state index in [1.54, 1.807) is 25.3 Å². The third-order valence-electron chi connectivity index (χ3n) is 4.75. The second-order valence-electron chi connectivity index (χ2n) is 6.65. The van der Waals surface area contributed by atoms with Gasteiger partial charge in [-0.05, 0) is 37.5 Å². The Morgan fingerprint density at radius 3 is 3.04 bits per heavy atom. The van der Waals surface area contributed by atoms with Crippen molar-refractivity contribution in [2.24, 2.45) is 0 Å². The maximum absolute atomic E-state index is 14.9. The summed E-state index contributed by atoms with van der Waals surface area (Å²) in [5, 5.41) is 9.47. The number of nitrogens with zero attached hydrogens (tertiary/aromatic N) is 4. The van der Waals surface area contributed by atoms with Crippen LogP contribution >= 0.6 is 11.3 Å². The molecule has 0 aliphatic carbocycles. The fraction of sp³-hybridized carbons (Fsp3) is 0.368. The minimum Gasteiger partial charge on any atom is -0.357 e. The monoisotopic (exact) mass is 401 g/mol. The Balaban J connectivity index is 1.52. The standard InChI is InChI=1S/C19H20FN5O2S/c1-12-23-18(24-27-12)13-5-6-15(14(20)10-13)25-8-3-2-4-16(25)19(26)22-11-17-21-7-9-28-17/h5-7,9-10,16H,2-4,8,11H2,1H3,(H,22,26). The molecule has 1 atom stereocenters. The van der Waals surface area contributed by atoms with E-state index < -0.39 is 11.9 Å². The molecule has 1 saturated heterocycles. The molecule has 1 unspecified atom stereocenters. The van der Waals surface area contributed by atoms with E-state index in [2.05, 4.69) is 20.4 Å². The summed E-state index contributed by atoms with van der Waals surface area (Å²) in [4.78, 5) is 22.9. The van der Waals surface area contributed by atoms with Crippen LogP contribution in [0.15, 0.2) is 34.3 Å². The minimum atomic E-state index is -0.403. The Bertz CT molecular complexity index is 959. The normalized spacial score (nSPS) is 16.9. The molecule has 28 heavy (non-hydrogen) atoms. The van der Waals surface area contributed by atoms with Crippen molar-refractivity contribution < 1.29 is 13.7 Å². The number of nitrogens with one attached hydrogen (secondary N) is 1. The van der Waals surface area contributed by atoms with Gasteiger partial charge in [0.2, 0.25) is 17.6 Å². The van der Waals surface area contributed by atoms with Gasteiger partial charge < -0.3 is 14.7 Å². The highest BCUT2D eigenvalue weighted by molar-refractivity contribution is 7.09. The molecule has 7 nitrogen and oxygen atoms in total. The van der Waals surface area contributed by atoms with E-state index in [0.717, 1.165) is 17.8 Å². The summed E-state index contributed by atoms with van der Waals surface area (Å²) in [6, 6.07) is 4.42. The molecule has 1 N–H and O–H groups in total. The zero-order chi connectivity index (χ0) is 19.5. The van der Waals surface area contributed by atoms with Crippen molar-refractivity contribution in [2.45, 2.75) is 38.8 Å². The van der Waals surface area contributed by atoms with Crippen molar-refractivity contribution in [3.63, 3.8) is 0 Å². The number of halogens is 1. The molecular formula is C19H20FN5O2S. The first-order chi connectivity index (χ1) is 13.6. The molecule has 3 aromatic rings. The van der Waals surface area contributed by atoms with Gasteiger partial charge in [-0.2, -0.15) is 4.98 Å². The Hall–Kier alpha value is -2.81. The first-order valence-electron chi connectivity index (χ1n) is 9.15. The summed E-state index contributed by atoms with van der Waals surface area (Å²) < 4.78 is 19.9. The second kappa shape index (κ2) is 8.05. The quantitative estimate of drug-likeness (QED) is 0.706. The number of rotatable bonds is 5. The summed E-state index contributed by atoms with van der Waals surface area (Å²) in [5.74, 6) is 0.263. The zero-order valence-corrected chi connectivity index (χ0v) is 16.2. The molecule has 146 valence electrons. The van der Waals surface area contributed by atoms with Gasteiger partial charge in [-0.15, -0.1) is 11.3 Å². The summed E-state index contributed by atoms with van der Waals surface area (Å²) in [6.45, 7) is 2.70. The van der Waals surface area contributed by atoms with Crippen LogP contribution < -0.4 is 10.2 Å². The van der Waals surface area contributed by atoms with Gasteiger partial charge in [-0.1, -0.05) is 5.16 Å². The van der Waals surface area contributed by atoms with Crippen molar-refractivity contribution in [3.05, 3.63) is 46.5 Å². The highest BCUT2D eigenvalue weighted by Gasteiger charge is 2.30. The van der Waals surface area contributed by atoms with Crippen molar-refractivity contribution in [3.8, 4) is 11.4 Å². The fourth-order valence-electron chi connectivity index (χ4n) is 3.41. The van der Waals surface area contributed by atoms with Gasteiger partial charge in [-0.25, -0.2) is 9.37 Å². The number of aromatic nitrogens is 3. The van der Waals surface area contributed by atoms with Crippen LogP contribution in [0.5, 0.6) is 0 Å². The van der Waals surface area contributed by atoms with Gasteiger partial charge in [0.15, 0.2) is 0 Å². The first-order valence-corrected chi connectivity index (χ1v) is 10.0. The smallest absolute Gasteiger partial charge is 0.243 e. The molecule has 0 bridgehead atoms. The average Bonchev–Trinajstić information content (AvgIpc) is 3.38. The number of hydrogen-bond acceptors (Lipinski definition) is 7. The number of hydrogen-bond donors (Lipinski definition) is 1. The van der Waals surface area contributed by atoms with E-state index in [1.807, 2.05) is 10.3 Å². The lowest BCUT2D eigenvalue weighted by atomic mass is 10.00. The van der Waals surface area contributed by atoms with Gasteiger partial charge in [-0.3, -0.25) is 4.79 Å². The Morgan fingerprint density at radius 2 is 2.32 bits per heavy atom. The molecule has 1 fully saturated rings. The number of benzene rings is 1. The molecule has 9 heteroatoms. The first kappa shape index (κ1) is 18.5. The molecule has 1 aliphatic rings. The Morgan fingerprint density at radius 1 is 1.43 bits per heavy atom. The molecule has 1 aliphatic heterocycles. The molecule has 0 saturated carbocycles. The van der Waals surface area contributed by atoms with E-state index in [1.165, 1.54) is 17.4 Å². The predicted molar refractivity (Wildman–Crippen MR) is 103 cm³/mol. The number of aryl methyl sites for hydroxylation is 1. The summed E-state index contributed by atoms with van der Waals surface area (Å²) in [7, 11) is 0. The van der Waals surface area contributed by atoms with Crippen molar-refractivity contribution in [1.82, 2.24) is 20.4 Å². The van der Waals surface area contributed by atoms with E-state index in [-0.39, 0.29) is 5.91 Å².